The van der Waals surface area contributed by atoms with Gasteiger partial charge >= 0.3 is 5.97 Å². The van der Waals surface area contributed by atoms with E-state index in [1.807, 2.05) is 36.6 Å². The maximum atomic E-state index is 12.8. The third kappa shape index (κ3) is 4.64. The Balaban J connectivity index is 1.17. The van der Waals surface area contributed by atoms with Gasteiger partial charge in [-0.1, -0.05) is 0 Å². The maximum absolute atomic E-state index is 12.8. The molecular weight excluding hydrogens is 466 g/mol. The zero-order valence-electron chi connectivity index (χ0n) is 20.0. The van der Waals surface area contributed by atoms with Crippen LogP contribution >= 0.6 is 0 Å². The molecule has 3 heterocycles. The molecule has 5 rings (SSSR count). The lowest BCUT2D eigenvalue weighted by Gasteiger charge is -2.18. The van der Waals surface area contributed by atoms with Crippen molar-refractivity contribution in [1.29, 1.82) is 0 Å². The van der Waals surface area contributed by atoms with Crippen LogP contribution in [0, 0.1) is 13.8 Å². The largest absolute Gasteiger partial charge is 0.486 e. The average molecular weight is 491 g/mol. The van der Waals surface area contributed by atoms with Crippen LogP contribution in [0.4, 0.5) is 0 Å². The van der Waals surface area contributed by atoms with Gasteiger partial charge < -0.3 is 28.3 Å². The van der Waals surface area contributed by atoms with E-state index in [9.17, 15) is 14.4 Å². The highest BCUT2D eigenvalue weighted by atomic mass is 16.7. The van der Waals surface area contributed by atoms with Gasteiger partial charge in [0, 0.05) is 40.7 Å². The molecule has 0 radical (unpaired) electrons. The molecule has 36 heavy (non-hydrogen) atoms. The third-order valence-electron chi connectivity index (χ3n) is 6.13. The van der Waals surface area contributed by atoms with E-state index in [1.54, 1.807) is 24.3 Å². The first-order chi connectivity index (χ1) is 17.4. The molecule has 0 atom stereocenters. The van der Waals surface area contributed by atoms with Gasteiger partial charge in [-0.05, 0) is 50.2 Å². The lowest BCUT2D eigenvalue weighted by Crippen LogP contribution is -2.16. The van der Waals surface area contributed by atoms with Crippen molar-refractivity contribution >= 4 is 17.5 Å². The highest BCUT2D eigenvalue weighted by Gasteiger charge is 2.21. The van der Waals surface area contributed by atoms with Gasteiger partial charge in [-0.2, -0.15) is 0 Å². The summed E-state index contributed by atoms with van der Waals surface area (Å²) in [7, 11) is 0. The summed E-state index contributed by atoms with van der Waals surface area (Å²) in [4.78, 5) is 37.5. The van der Waals surface area contributed by atoms with Gasteiger partial charge in [0.25, 0.3) is 0 Å². The van der Waals surface area contributed by atoms with E-state index in [0.717, 1.165) is 17.1 Å². The molecule has 0 saturated heterocycles. The number of hydrogen-bond donors (Lipinski definition) is 0. The normalized spacial score (nSPS) is 13.4. The molecule has 0 saturated carbocycles. The summed E-state index contributed by atoms with van der Waals surface area (Å²) in [5, 5.41) is 0. The first-order valence-electron chi connectivity index (χ1n) is 11.6. The van der Waals surface area contributed by atoms with Crippen LogP contribution in [0.3, 0.4) is 0 Å². The SMILES string of the molecule is Cc1cc(C(=O)COC(=O)CCC(=O)c2ccc3c(c2)OCCO3)c(C)n1-c1ccc2c(c1)OCO2. The van der Waals surface area contributed by atoms with E-state index < -0.39 is 12.6 Å². The number of aromatic nitrogens is 1. The van der Waals surface area contributed by atoms with Crippen LogP contribution in [-0.2, 0) is 9.53 Å². The number of carbonyl (C=O) groups excluding carboxylic acids is 3. The lowest BCUT2D eigenvalue weighted by molar-refractivity contribution is -0.142. The Kier molecular flexibility index (Phi) is 6.37. The molecule has 0 aliphatic carbocycles. The molecule has 9 heteroatoms. The molecule has 9 nitrogen and oxygen atoms in total. The second kappa shape index (κ2) is 9.77. The monoisotopic (exact) mass is 491 g/mol. The van der Waals surface area contributed by atoms with Crippen molar-refractivity contribution < 1.29 is 38.1 Å². The smallest absolute Gasteiger partial charge is 0.306 e. The standard InChI is InChI=1S/C27H25NO8/c1-16-11-20(17(2)28(16)19-4-7-24-26(13-19)36-15-35-24)22(30)14-34-27(31)8-5-21(29)18-3-6-23-25(12-18)33-10-9-32-23/h3-4,6-7,11-13H,5,8-10,14-15H2,1-2H3. The molecule has 1 aromatic heterocycles. The Morgan fingerprint density at radius 2 is 1.50 bits per heavy atom. The zero-order chi connectivity index (χ0) is 25.2. The molecular formula is C27H25NO8. The maximum Gasteiger partial charge on any atom is 0.306 e. The van der Waals surface area contributed by atoms with Crippen LogP contribution in [0.2, 0.25) is 0 Å². The fourth-order valence-corrected chi connectivity index (χ4v) is 4.34. The first kappa shape index (κ1) is 23.5. The molecule has 0 spiro atoms. The number of nitrogens with zero attached hydrogens (tertiary/aromatic N) is 1. The van der Waals surface area contributed by atoms with Gasteiger partial charge in [-0.3, -0.25) is 14.4 Å². The van der Waals surface area contributed by atoms with Crippen LogP contribution in [0.25, 0.3) is 5.69 Å². The summed E-state index contributed by atoms with van der Waals surface area (Å²) in [6.45, 7) is 4.39. The predicted molar refractivity (Wildman–Crippen MR) is 128 cm³/mol. The van der Waals surface area contributed by atoms with E-state index in [2.05, 4.69) is 0 Å². The number of rotatable bonds is 8. The Morgan fingerprint density at radius 3 is 2.33 bits per heavy atom. The molecule has 0 unspecified atom stereocenters. The Bertz CT molecular complexity index is 1360. The van der Waals surface area contributed by atoms with Gasteiger partial charge in [0.2, 0.25) is 12.6 Å². The lowest BCUT2D eigenvalue weighted by atomic mass is 10.1. The van der Waals surface area contributed by atoms with Crippen LogP contribution in [-0.4, -0.2) is 48.7 Å². The number of benzene rings is 2. The molecule has 0 bridgehead atoms. The summed E-state index contributed by atoms with van der Waals surface area (Å²) in [5.74, 6) is 1.28. The van der Waals surface area contributed by atoms with Crippen molar-refractivity contribution in [3.8, 4) is 28.7 Å². The molecule has 0 amide bonds. The Labute approximate surface area is 207 Å². The number of carbonyl (C=O) groups is 3. The predicted octanol–water partition coefficient (Wildman–Crippen LogP) is 3.98. The van der Waals surface area contributed by atoms with Crippen LogP contribution in [0.15, 0.2) is 42.5 Å². The third-order valence-corrected chi connectivity index (χ3v) is 6.13. The summed E-state index contributed by atoms with van der Waals surface area (Å²) in [6.07, 6.45) is -0.165. The zero-order valence-corrected chi connectivity index (χ0v) is 20.0. The minimum absolute atomic E-state index is 0.0364. The first-order valence-corrected chi connectivity index (χ1v) is 11.6. The van der Waals surface area contributed by atoms with E-state index in [1.165, 1.54) is 0 Å². The molecule has 186 valence electrons. The molecule has 2 aliphatic rings. The van der Waals surface area contributed by atoms with Crippen molar-refractivity contribution in [2.24, 2.45) is 0 Å². The molecule has 3 aromatic rings. The van der Waals surface area contributed by atoms with Crippen molar-refractivity contribution in [2.75, 3.05) is 26.6 Å². The minimum atomic E-state index is -0.612. The number of ether oxygens (including phenoxy) is 5. The summed E-state index contributed by atoms with van der Waals surface area (Å²) in [5.41, 5.74) is 3.31. The highest BCUT2D eigenvalue weighted by Crippen LogP contribution is 2.35. The summed E-state index contributed by atoms with van der Waals surface area (Å²) < 4.78 is 28.9. The number of Topliss-reactive ketones (excluding diaryl/α,β-unsaturated/α-hetero) is 2. The van der Waals surface area contributed by atoms with E-state index >= 15 is 0 Å². The fourth-order valence-electron chi connectivity index (χ4n) is 4.34. The van der Waals surface area contributed by atoms with E-state index in [0.29, 0.717) is 47.3 Å². The van der Waals surface area contributed by atoms with Crippen LogP contribution in [0.5, 0.6) is 23.0 Å². The molecule has 0 fully saturated rings. The quantitative estimate of drug-likeness (QED) is 0.344. The van der Waals surface area contributed by atoms with Gasteiger partial charge in [-0.15, -0.1) is 0 Å². The summed E-state index contributed by atoms with van der Waals surface area (Å²) >= 11 is 0. The number of ketones is 2. The van der Waals surface area contributed by atoms with Crippen molar-refractivity contribution in [2.45, 2.75) is 26.7 Å². The fraction of sp³-hybridized carbons (Fsp3) is 0.296. The topological polar surface area (TPSA) is 102 Å². The minimum Gasteiger partial charge on any atom is -0.486 e. The number of hydrogen-bond acceptors (Lipinski definition) is 8. The second-order valence-corrected chi connectivity index (χ2v) is 8.52. The van der Waals surface area contributed by atoms with Gasteiger partial charge in [0.05, 0.1) is 6.42 Å². The Hall–Kier alpha value is -4.27. The van der Waals surface area contributed by atoms with Gasteiger partial charge in [0.1, 0.15) is 13.2 Å². The molecule has 2 aliphatic heterocycles. The Morgan fingerprint density at radius 1 is 0.806 bits per heavy atom. The van der Waals surface area contributed by atoms with E-state index in [-0.39, 0.29) is 31.2 Å². The second-order valence-electron chi connectivity index (χ2n) is 8.52. The van der Waals surface area contributed by atoms with Crippen molar-refractivity contribution in [1.82, 2.24) is 4.57 Å². The van der Waals surface area contributed by atoms with Crippen molar-refractivity contribution in [3.63, 3.8) is 0 Å². The number of aryl methyl sites for hydroxylation is 1. The summed E-state index contributed by atoms with van der Waals surface area (Å²) in [6, 6.07) is 12.3. The number of fused-ring (bicyclic) bond motifs is 2. The van der Waals surface area contributed by atoms with Gasteiger partial charge in [0.15, 0.2) is 35.4 Å². The number of esters is 1. The van der Waals surface area contributed by atoms with Crippen LogP contribution < -0.4 is 18.9 Å². The molecule has 2 aromatic carbocycles. The average Bonchev–Trinajstić information content (AvgIpc) is 3.48. The van der Waals surface area contributed by atoms with Crippen LogP contribution in [0.1, 0.15) is 44.9 Å². The van der Waals surface area contributed by atoms with Gasteiger partial charge in [-0.25, -0.2) is 0 Å². The molecule has 0 N–H and O–H groups in total. The van der Waals surface area contributed by atoms with Crippen molar-refractivity contribution in [3.05, 3.63) is 65.0 Å². The van der Waals surface area contributed by atoms with E-state index in [4.69, 9.17) is 23.7 Å². The highest BCUT2D eigenvalue weighted by molar-refractivity contribution is 6.00.